The van der Waals surface area contributed by atoms with Gasteiger partial charge in [0.2, 0.25) is 11.7 Å². The van der Waals surface area contributed by atoms with Gasteiger partial charge in [0.1, 0.15) is 11.9 Å². The van der Waals surface area contributed by atoms with E-state index in [2.05, 4.69) is 10.1 Å². The lowest BCUT2D eigenvalue weighted by molar-refractivity contribution is 0.0710. The summed E-state index contributed by atoms with van der Waals surface area (Å²) in [5, 5.41) is 4.01. The fourth-order valence-corrected chi connectivity index (χ4v) is 3.44. The van der Waals surface area contributed by atoms with Crippen LogP contribution in [-0.2, 0) is 0 Å². The molecule has 144 valence electrons. The van der Waals surface area contributed by atoms with Gasteiger partial charge >= 0.3 is 0 Å². The molecule has 2 aromatic carbocycles. The molecule has 0 aliphatic carbocycles. The van der Waals surface area contributed by atoms with E-state index in [4.69, 9.17) is 4.52 Å². The lowest BCUT2D eigenvalue weighted by atomic mass is 10.1. The van der Waals surface area contributed by atoms with Crippen LogP contribution < -0.4 is 4.90 Å². The van der Waals surface area contributed by atoms with Crippen molar-refractivity contribution in [1.82, 2.24) is 15.0 Å². The van der Waals surface area contributed by atoms with Gasteiger partial charge in [-0.3, -0.25) is 4.79 Å². The molecule has 1 amide bonds. The van der Waals surface area contributed by atoms with Crippen molar-refractivity contribution < 1.29 is 13.7 Å². The number of rotatable bonds is 4. The standard InChI is InChI=1S/C21H21FN4O2/c1-25(2)17-6-3-5-15(13-17)21(27)26-12-4-7-18(26)20-23-19(24-28-20)14-8-10-16(22)11-9-14/h3,5-6,8-11,13,18H,4,7,12H2,1-2H3/t18-/m0/s1. The van der Waals surface area contributed by atoms with E-state index in [1.165, 1.54) is 12.1 Å². The first-order valence-corrected chi connectivity index (χ1v) is 9.21. The third kappa shape index (κ3) is 3.47. The van der Waals surface area contributed by atoms with Gasteiger partial charge < -0.3 is 14.3 Å². The van der Waals surface area contributed by atoms with E-state index in [0.717, 1.165) is 18.5 Å². The summed E-state index contributed by atoms with van der Waals surface area (Å²) in [7, 11) is 3.88. The Balaban J connectivity index is 1.58. The van der Waals surface area contributed by atoms with Crippen LogP contribution in [-0.4, -0.2) is 41.6 Å². The van der Waals surface area contributed by atoms with Crippen molar-refractivity contribution in [2.75, 3.05) is 25.5 Å². The number of aromatic nitrogens is 2. The second-order valence-corrected chi connectivity index (χ2v) is 7.06. The van der Waals surface area contributed by atoms with E-state index in [9.17, 15) is 9.18 Å². The average Bonchev–Trinajstić information content (AvgIpc) is 3.37. The Kier molecular flexibility index (Phi) is 4.81. The second kappa shape index (κ2) is 7.42. The first-order valence-electron chi connectivity index (χ1n) is 9.21. The number of carbonyl (C=O) groups is 1. The van der Waals surface area contributed by atoms with Gasteiger partial charge in [-0.25, -0.2) is 4.39 Å². The largest absolute Gasteiger partial charge is 0.378 e. The monoisotopic (exact) mass is 380 g/mol. The van der Waals surface area contributed by atoms with Crippen LogP contribution in [0.2, 0.25) is 0 Å². The van der Waals surface area contributed by atoms with Gasteiger partial charge in [0, 0.05) is 37.5 Å². The maximum Gasteiger partial charge on any atom is 0.254 e. The zero-order valence-corrected chi connectivity index (χ0v) is 15.8. The molecule has 0 bridgehead atoms. The number of nitrogens with zero attached hydrogens (tertiary/aromatic N) is 4. The van der Waals surface area contributed by atoms with Gasteiger partial charge in [-0.2, -0.15) is 4.98 Å². The first kappa shape index (κ1) is 18.2. The van der Waals surface area contributed by atoms with Crippen molar-refractivity contribution in [3.63, 3.8) is 0 Å². The third-order valence-electron chi connectivity index (χ3n) is 4.95. The molecule has 1 aromatic heterocycles. The molecule has 0 saturated carbocycles. The van der Waals surface area contributed by atoms with Gasteiger partial charge in [-0.1, -0.05) is 11.2 Å². The number of amides is 1. The predicted octanol–water partition coefficient (Wildman–Crippen LogP) is 3.92. The highest BCUT2D eigenvalue weighted by Crippen LogP contribution is 2.33. The minimum atomic E-state index is -0.319. The number of carbonyl (C=O) groups excluding carboxylic acids is 1. The highest BCUT2D eigenvalue weighted by molar-refractivity contribution is 5.95. The molecule has 2 heterocycles. The highest BCUT2D eigenvalue weighted by atomic mass is 19.1. The molecule has 1 atom stereocenters. The fraction of sp³-hybridized carbons (Fsp3) is 0.286. The summed E-state index contributed by atoms with van der Waals surface area (Å²) < 4.78 is 18.6. The van der Waals surface area contributed by atoms with Crippen molar-refractivity contribution in [3.8, 4) is 11.4 Å². The summed E-state index contributed by atoms with van der Waals surface area (Å²) in [5.41, 5.74) is 2.28. The Morgan fingerprint density at radius 2 is 2.00 bits per heavy atom. The molecule has 1 fully saturated rings. The summed E-state index contributed by atoms with van der Waals surface area (Å²) in [4.78, 5) is 21.3. The van der Waals surface area contributed by atoms with Crippen molar-refractivity contribution >= 4 is 11.6 Å². The Morgan fingerprint density at radius 1 is 1.21 bits per heavy atom. The van der Waals surface area contributed by atoms with Gasteiger partial charge in [-0.05, 0) is 55.3 Å². The summed E-state index contributed by atoms with van der Waals surface area (Å²) in [6.07, 6.45) is 1.64. The van der Waals surface area contributed by atoms with Gasteiger partial charge in [0.25, 0.3) is 5.91 Å². The number of benzene rings is 2. The molecule has 1 aliphatic heterocycles. The van der Waals surface area contributed by atoms with Crippen molar-refractivity contribution in [2.24, 2.45) is 0 Å². The lowest BCUT2D eigenvalue weighted by Gasteiger charge is -2.22. The van der Waals surface area contributed by atoms with Crippen LogP contribution in [0.1, 0.15) is 35.1 Å². The third-order valence-corrected chi connectivity index (χ3v) is 4.95. The SMILES string of the molecule is CN(C)c1cccc(C(=O)N2CCC[C@H]2c2nc(-c3ccc(F)cc3)no2)c1. The average molecular weight is 380 g/mol. The van der Waals surface area contributed by atoms with Crippen LogP contribution in [0.5, 0.6) is 0 Å². The highest BCUT2D eigenvalue weighted by Gasteiger charge is 2.34. The topological polar surface area (TPSA) is 62.5 Å². The van der Waals surface area contributed by atoms with Crippen molar-refractivity contribution in [1.29, 1.82) is 0 Å². The minimum Gasteiger partial charge on any atom is -0.378 e. The van der Waals surface area contributed by atoms with Crippen LogP contribution in [0.15, 0.2) is 53.1 Å². The number of hydrogen-bond donors (Lipinski definition) is 0. The minimum absolute atomic E-state index is 0.0484. The number of anilines is 1. The maximum atomic E-state index is 13.1. The van der Waals surface area contributed by atoms with Crippen LogP contribution in [0.25, 0.3) is 11.4 Å². The zero-order chi connectivity index (χ0) is 19.7. The van der Waals surface area contributed by atoms with E-state index >= 15 is 0 Å². The van der Waals surface area contributed by atoms with E-state index in [0.29, 0.717) is 29.4 Å². The number of halogens is 1. The Labute approximate surface area is 162 Å². The molecule has 6 nitrogen and oxygen atoms in total. The number of likely N-dealkylation sites (tertiary alicyclic amines) is 1. The second-order valence-electron chi connectivity index (χ2n) is 7.06. The van der Waals surface area contributed by atoms with Crippen molar-refractivity contribution in [2.45, 2.75) is 18.9 Å². The molecule has 0 unspecified atom stereocenters. The predicted molar refractivity (Wildman–Crippen MR) is 103 cm³/mol. The normalized spacial score (nSPS) is 16.4. The first-order chi connectivity index (χ1) is 13.5. The van der Waals surface area contributed by atoms with Crippen LogP contribution >= 0.6 is 0 Å². The summed E-state index contributed by atoms with van der Waals surface area (Å²) in [6, 6.07) is 13.2. The molecule has 0 radical (unpaired) electrons. The fourth-order valence-electron chi connectivity index (χ4n) is 3.44. The molecule has 3 aromatic rings. The molecule has 0 N–H and O–H groups in total. The molecule has 4 rings (SSSR count). The van der Waals surface area contributed by atoms with Gasteiger partial charge in [0.15, 0.2) is 0 Å². The zero-order valence-electron chi connectivity index (χ0n) is 15.8. The lowest BCUT2D eigenvalue weighted by Crippen LogP contribution is -2.30. The van der Waals surface area contributed by atoms with E-state index in [1.54, 1.807) is 17.0 Å². The number of hydrogen-bond acceptors (Lipinski definition) is 5. The molecule has 1 saturated heterocycles. The van der Waals surface area contributed by atoms with Crippen molar-refractivity contribution in [3.05, 3.63) is 65.8 Å². The molecule has 0 spiro atoms. The molecule has 28 heavy (non-hydrogen) atoms. The molecule has 1 aliphatic rings. The van der Waals surface area contributed by atoms with Gasteiger partial charge in [-0.15, -0.1) is 0 Å². The van der Waals surface area contributed by atoms with Gasteiger partial charge in [0.05, 0.1) is 0 Å². The van der Waals surface area contributed by atoms with E-state index < -0.39 is 0 Å². The van der Waals surface area contributed by atoms with E-state index in [-0.39, 0.29) is 17.8 Å². The van der Waals surface area contributed by atoms with E-state index in [1.807, 2.05) is 43.3 Å². The van der Waals surface area contributed by atoms with Crippen LogP contribution in [0.4, 0.5) is 10.1 Å². The Morgan fingerprint density at radius 3 is 2.75 bits per heavy atom. The Hall–Kier alpha value is -3.22. The summed E-state index contributed by atoms with van der Waals surface area (Å²) in [5.74, 6) is 0.436. The Bertz CT molecular complexity index is 984. The molecular formula is C21H21FN4O2. The smallest absolute Gasteiger partial charge is 0.254 e. The maximum absolute atomic E-state index is 13.1. The van der Waals surface area contributed by atoms with Crippen LogP contribution in [0.3, 0.4) is 0 Å². The molecule has 7 heteroatoms. The van der Waals surface area contributed by atoms with Crippen LogP contribution in [0, 0.1) is 5.82 Å². The summed E-state index contributed by atoms with van der Waals surface area (Å²) >= 11 is 0. The molecular weight excluding hydrogens is 359 g/mol. The quantitative estimate of drug-likeness (QED) is 0.687. The summed E-state index contributed by atoms with van der Waals surface area (Å²) in [6.45, 7) is 0.643.